The number of nitriles is 1. The van der Waals surface area contributed by atoms with Crippen molar-refractivity contribution in [2.45, 2.75) is 0 Å². The highest BCUT2D eigenvalue weighted by molar-refractivity contribution is 6.03. The Balaban J connectivity index is 1.46. The zero-order valence-corrected chi connectivity index (χ0v) is 18.2. The molecule has 4 aromatic rings. The second-order valence-electron chi connectivity index (χ2n) is 7.58. The Bertz CT molecular complexity index is 1400. The quantitative estimate of drug-likeness (QED) is 0.384. The average Bonchev–Trinajstić information content (AvgIpc) is 3.26. The molecular weight excluding hydrogens is 428 g/mol. The average molecular weight is 448 g/mol. The van der Waals surface area contributed by atoms with Crippen LogP contribution in [0.15, 0.2) is 89.4 Å². The lowest BCUT2D eigenvalue weighted by atomic mass is 9.98. The minimum atomic E-state index is -0.417. The highest BCUT2D eigenvalue weighted by Crippen LogP contribution is 2.41. The van der Waals surface area contributed by atoms with E-state index in [4.69, 9.17) is 13.9 Å². The molecule has 0 aliphatic carbocycles. The molecule has 0 atom stereocenters. The number of carbonyl (C=O) groups excluding carboxylic acids is 1. The number of furan rings is 1. The molecule has 166 valence electrons. The van der Waals surface area contributed by atoms with Gasteiger partial charge in [0.05, 0.1) is 0 Å². The van der Waals surface area contributed by atoms with Crippen molar-refractivity contribution < 1.29 is 18.7 Å². The first-order valence-electron chi connectivity index (χ1n) is 10.8. The summed E-state index contributed by atoms with van der Waals surface area (Å²) in [6.07, 6.45) is 3.05. The van der Waals surface area contributed by atoms with Gasteiger partial charge < -0.3 is 13.9 Å². The summed E-state index contributed by atoms with van der Waals surface area (Å²) in [6.45, 7) is 1.01. The first-order chi connectivity index (χ1) is 16.7. The van der Waals surface area contributed by atoms with Crippen LogP contribution in [-0.2, 0) is 4.79 Å². The summed E-state index contributed by atoms with van der Waals surface area (Å²) < 4.78 is 17.2. The lowest BCUT2D eigenvalue weighted by Gasteiger charge is -2.18. The topological polar surface area (TPSA) is 84.5 Å². The summed E-state index contributed by atoms with van der Waals surface area (Å²) in [5, 5.41) is 12.7. The predicted molar refractivity (Wildman–Crippen MR) is 129 cm³/mol. The second kappa shape index (κ2) is 9.39. The van der Waals surface area contributed by atoms with Crippen molar-refractivity contribution in [3.8, 4) is 40.0 Å². The maximum Gasteiger partial charge on any atom is 0.250 e. The van der Waals surface area contributed by atoms with E-state index in [2.05, 4.69) is 11.4 Å². The molecule has 0 fully saturated rings. The number of hydrogen-bond donors (Lipinski definition) is 1. The maximum atomic E-state index is 12.7. The van der Waals surface area contributed by atoms with Gasteiger partial charge in [-0.25, -0.2) is 0 Å². The van der Waals surface area contributed by atoms with Gasteiger partial charge in [0.2, 0.25) is 5.88 Å². The Hall–Kier alpha value is -4.76. The van der Waals surface area contributed by atoms with Gasteiger partial charge in [-0.05, 0) is 29.3 Å². The minimum absolute atomic E-state index is 0.108. The summed E-state index contributed by atoms with van der Waals surface area (Å²) in [7, 11) is 0. The van der Waals surface area contributed by atoms with Gasteiger partial charge >= 0.3 is 0 Å². The Morgan fingerprint density at radius 1 is 0.882 bits per heavy atom. The van der Waals surface area contributed by atoms with E-state index in [1.807, 2.05) is 78.9 Å². The van der Waals surface area contributed by atoms with Gasteiger partial charge in [0.1, 0.15) is 30.6 Å². The highest BCUT2D eigenvalue weighted by Gasteiger charge is 2.23. The zero-order valence-electron chi connectivity index (χ0n) is 18.2. The summed E-state index contributed by atoms with van der Waals surface area (Å²) in [6, 6.07) is 26.7. The number of fused-ring (bicyclic) bond motifs is 1. The molecule has 0 saturated carbocycles. The van der Waals surface area contributed by atoms with E-state index in [1.165, 1.54) is 6.08 Å². The van der Waals surface area contributed by atoms with Gasteiger partial charge in [0.25, 0.3) is 5.91 Å². The van der Waals surface area contributed by atoms with Gasteiger partial charge in [-0.2, -0.15) is 5.26 Å². The Labute approximate surface area is 196 Å². The van der Waals surface area contributed by atoms with E-state index in [-0.39, 0.29) is 11.4 Å². The molecule has 0 unspecified atom stereocenters. The number of nitrogens with zero attached hydrogens (tertiary/aromatic N) is 1. The van der Waals surface area contributed by atoms with Crippen LogP contribution in [0.5, 0.6) is 11.5 Å². The van der Waals surface area contributed by atoms with E-state index in [0.717, 1.165) is 16.7 Å². The molecule has 1 N–H and O–H groups in total. The van der Waals surface area contributed by atoms with Crippen LogP contribution in [0.4, 0.5) is 5.88 Å². The molecule has 6 nitrogen and oxygen atoms in total. The fourth-order valence-corrected chi connectivity index (χ4v) is 3.79. The van der Waals surface area contributed by atoms with E-state index in [1.54, 1.807) is 6.08 Å². The molecule has 3 aromatic carbocycles. The molecule has 1 aliphatic rings. The van der Waals surface area contributed by atoms with Crippen LogP contribution in [-0.4, -0.2) is 19.1 Å². The van der Waals surface area contributed by atoms with Crippen molar-refractivity contribution >= 4 is 17.9 Å². The normalized spacial score (nSPS) is 12.3. The molecule has 0 spiro atoms. The molecule has 5 rings (SSSR count). The summed E-state index contributed by atoms with van der Waals surface area (Å²) in [5.41, 5.74) is 3.33. The zero-order chi connectivity index (χ0) is 23.3. The number of benzene rings is 3. The molecule has 34 heavy (non-hydrogen) atoms. The summed E-state index contributed by atoms with van der Waals surface area (Å²) in [5.74, 6) is 1.54. The van der Waals surface area contributed by atoms with Gasteiger partial charge in [-0.15, -0.1) is 0 Å². The Morgan fingerprint density at radius 3 is 2.26 bits per heavy atom. The van der Waals surface area contributed by atoms with Crippen LogP contribution in [0.3, 0.4) is 0 Å². The molecule has 1 aliphatic heterocycles. The maximum absolute atomic E-state index is 12.7. The standard InChI is InChI=1S/C28H20N2O4/c29-18-22-26(20-7-3-1-4-8-20)27(21-9-5-2-6-10-21)34-28(22)30-25(31)14-12-19-11-13-23-24(17-19)33-16-15-32-23/h1-14,17H,15-16H2,(H,30,31)/b14-12-. The number of rotatable bonds is 5. The first-order valence-corrected chi connectivity index (χ1v) is 10.8. The van der Waals surface area contributed by atoms with Gasteiger partial charge in [-0.3, -0.25) is 10.1 Å². The van der Waals surface area contributed by atoms with Crippen molar-refractivity contribution in [1.29, 1.82) is 5.26 Å². The van der Waals surface area contributed by atoms with Crippen LogP contribution in [0, 0.1) is 11.3 Å². The lowest BCUT2D eigenvalue weighted by molar-refractivity contribution is -0.111. The fraction of sp³-hybridized carbons (Fsp3) is 0.0714. The van der Waals surface area contributed by atoms with E-state index in [0.29, 0.717) is 36.0 Å². The monoisotopic (exact) mass is 448 g/mol. The fourth-order valence-electron chi connectivity index (χ4n) is 3.79. The first kappa shape index (κ1) is 21.1. The molecular formula is C28H20N2O4. The molecule has 0 saturated heterocycles. The van der Waals surface area contributed by atoms with Crippen LogP contribution < -0.4 is 14.8 Å². The van der Waals surface area contributed by atoms with Crippen molar-refractivity contribution in [2.75, 3.05) is 18.5 Å². The van der Waals surface area contributed by atoms with Crippen molar-refractivity contribution in [3.05, 3.63) is 96.1 Å². The minimum Gasteiger partial charge on any atom is -0.486 e. The third kappa shape index (κ3) is 4.27. The van der Waals surface area contributed by atoms with Gasteiger partial charge in [-0.1, -0.05) is 66.7 Å². The number of ether oxygens (including phenoxy) is 2. The molecule has 1 aromatic heterocycles. The number of carbonyl (C=O) groups is 1. The largest absolute Gasteiger partial charge is 0.486 e. The highest BCUT2D eigenvalue weighted by atomic mass is 16.6. The Kier molecular flexibility index (Phi) is 5.83. The number of nitrogens with one attached hydrogen (secondary N) is 1. The van der Waals surface area contributed by atoms with Gasteiger partial charge in [0, 0.05) is 17.2 Å². The molecule has 2 heterocycles. The van der Waals surface area contributed by atoms with Gasteiger partial charge in [0.15, 0.2) is 11.5 Å². The molecule has 1 amide bonds. The van der Waals surface area contributed by atoms with Crippen LogP contribution in [0.1, 0.15) is 11.1 Å². The Morgan fingerprint density at radius 2 is 1.56 bits per heavy atom. The second-order valence-corrected chi connectivity index (χ2v) is 7.58. The third-order valence-corrected chi connectivity index (χ3v) is 5.35. The number of amides is 1. The van der Waals surface area contributed by atoms with Crippen LogP contribution >= 0.6 is 0 Å². The smallest absolute Gasteiger partial charge is 0.250 e. The molecule has 0 radical (unpaired) electrons. The van der Waals surface area contributed by atoms with Crippen molar-refractivity contribution in [3.63, 3.8) is 0 Å². The van der Waals surface area contributed by atoms with Crippen LogP contribution in [0.25, 0.3) is 28.5 Å². The molecule has 6 heteroatoms. The SMILES string of the molecule is N#Cc1c(NC(=O)/C=C\c2ccc3c(c2)OCCO3)oc(-c2ccccc2)c1-c1ccccc1. The predicted octanol–water partition coefficient (Wildman–Crippen LogP) is 5.91. The molecule has 0 bridgehead atoms. The summed E-state index contributed by atoms with van der Waals surface area (Å²) >= 11 is 0. The number of hydrogen-bond acceptors (Lipinski definition) is 5. The van der Waals surface area contributed by atoms with Crippen molar-refractivity contribution in [2.24, 2.45) is 0 Å². The van der Waals surface area contributed by atoms with Crippen LogP contribution in [0.2, 0.25) is 0 Å². The number of anilines is 1. The van der Waals surface area contributed by atoms with E-state index in [9.17, 15) is 10.1 Å². The van der Waals surface area contributed by atoms with E-state index >= 15 is 0 Å². The summed E-state index contributed by atoms with van der Waals surface area (Å²) in [4.78, 5) is 12.7. The van der Waals surface area contributed by atoms with E-state index < -0.39 is 5.91 Å². The van der Waals surface area contributed by atoms with Crippen molar-refractivity contribution in [1.82, 2.24) is 0 Å². The third-order valence-electron chi connectivity index (χ3n) is 5.35. The lowest BCUT2D eigenvalue weighted by Crippen LogP contribution is -2.15.